The molecule has 0 heterocycles. The third kappa shape index (κ3) is 5.77. The van der Waals surface area contributed by atoms with Gasteiger partial charge in [0.15, 0.2) is 0 Å². The van der Waals surface area contributed by atoms with E-state index in [-0.39, 0.29) is 18.4 Å². The van der Waals surface area contributed by atoms with Gasteiger partial charge in [-0.2, -0.15) is 0 Å². The first-order valence-electron chi connectivity index (χ1n) is 7.78. The minimum atomic E-state index is -3.29. The summed E-state index contributed by atoms with van der Waals surface area (Å²) in [5.41, 5.74) is 1.55. The van der Waals surface area contributed by atoms with Gasteiger partial charge >= 0.3 is 0 Å². The van der Waals surface area contributed by atoms with Gasteiger partial charge in [-0.05, 0) is 24.0 Å². The van der Waals surface area contributed by atoms with E-state index in [9.17, 15) is 8.42 Å². The Bertz CT molecular complexity index is 517. The average molecular weight is 311 g/mol. The summed E-state index contributed by atoms with van der Waals surface area (Å²) in [4.78, 5) is 0. The van der Waals surface area contributed by atoms with Crippen LogP contribution in [0, 0.1) is 0 Å². The molecule has 1 saturated carbocycles. The lowest BCUT2D eigenvalue weighted by Gasteiger charge is -2.21. The Kier molecular flexibility index (Phi) is 6.21. The summed E-state index contributed by atoms with van der Waals surface area (Å²) in [6.45, 7) is -0.0205. The normalized spacial score (nSPS) is 18.1. The molecular weight excluding hydrogens is 286 g/mol. The molecule has 0 atom stereocenters. The highest BCUT2D eigenvalue weighted by molar-refractivity contribution is 7.88. The summed E-state index contributed by atoms with van der Waals surface area (Å²) in [6, 6.07) is 7.15. The molecule has 0 spiro atoms. The highest BCUT2D eigenvalue weighted by Gasteiger charge is 2.19. The number of benzene rings is 1. The number of sulfonamides is 1. The van der Waals surface area contributed by atoms with Gasteiger partial charge in [-0.1, -0.05) is 56.4 Å². The van der Waals surface area contributed by atoms with Gasteiger partial charge in [0.2, 0.25) is 10.0 Å². The maximum atomic E-state index is 12.3. The summed E-state index contributed by atoms with van der Waals surface area (Å²) >= 11 is 0. The van der Waals surface area contributed by atoms with E-state index < -0.39 is 10.0 Å². The fourth-order valence-electron chi connectivity index (χ4n) is 2.83. The van der Waals surface area contributed by atoms with Crippen LogP contribution in [0.15, 0.2) is 24.3 Å². The minimum absolute atomic E-state index is 0.00914. The molecule has 2 rings (SSSR count). The molecule has 0 saturated heterocycles. The van der Waals surface area contributed by atoms with Crippen LogP contribution < -0.4 is 4.72 Å². The third-order valence-electron chi connectivity index (χ3n) is 4.01. The lowest BCUT2D eigenvalue weighted by molar-refractivity contribution is 0.282. The lowest BCUT2D eigenvalue weighted by Crippen LogP contribution is -2.36. The number of aliphatic hydroxyl groups excluding tert-OH is 1. The molecule has 2 N–H and O–H groups in total. The fourth-order valence-corrected chi connectivity index (χ4v) is 4.29. The van der Waals surface area contributed by atoms with Crippen molar-refractivity contribution in [2.75, 3.05) is 0 Å². The van der Waals surface area contributed by atoms with Gasteiger partial charge in [0.25, 0.3) is 0 Å². The SMILES string of the molecule is O=S(=O)(Cc1ccc(CO)cc1)NC1CCCCCCC1. The fraction of sp³-hybridized carbons (Fsp3) is 0.625. The van der Waals surface area contributed by atoms with Gasteiger partial charge in [-0.3, -0.25) is 0 Å². The second-order valence-corrected chi connectivity index (χ2v) is 7.65. The summed E-state index contributed by atoms with van der Waals surface area (Å²) in [6.07, 6.45) is 7.81. The zero-order valence-corrected chi connectivity index (χ0v) is 13.2. The molecule has 0 aliphatic heterocycles. The number of rotatable bonds is 5. The van der Waals surface area contributed by atoms with Crippen LogP contribution in [-0.2, 0) is 22.4 Å². The first kappa shape index (κ1) is 16.5. The maximum Gasteiger partial charge on any atom is 0.216 e. The molecule has 1 aromatic rings. The molecule has 1 aliphatic carbocycles. The van der Waals surface area contributed by atoms with Crippen molar-refractivity contribution in [3.05, 3.63) is 35.4 Å². The molecule has 0 bridgehead atoms. The maximum absolute atomic E-state index is 12.3. The van der Waals surface area contributed by atoms with Crippen LogP contribution in [0.4, 0.5) is 0 Å². The Labute approximate surface area is 127 Å². The Balaban J connectivity index is 1.93. The Morgan fingerprint density at radius 1 is 0.952 bits per heavy atom. The monoisotopic (exact) mass is 311 g/mol. The molecule has 1 aromatic carbocycles. The van der Waals surface area contributed by atoms with Crippen LogP contribution in [0.25, 0.3) is 0 Å². The van der Waals surface area contributed by atoms with Gasteiger partial charge in [0.1, 0.15) is 0 Å². The predicted octanol–water partition coefficient (Wildman–Crippen LogP) is 2.71. The molecule has 0 aromatic heterocycles. The standard InChI is InChI=1S/C16H25NO3S/c18-12-14-8-10-15(11-9-14)13-21(19,20)17-16-6-4-2-1-3-5-7-16/h8-11,16-18H,1-7,12-13H2. The van der Waals surface area contributed by atoms with E-state index in [1.807, 2.05) is 0 Å². The molecule has 1 aliphatic rings. The lowest BCUT2D eigenvalue weighted by atomic mass is 9.97. The molecule has 21 heavy (non-hydrogen) atoms. The zero-order valence-electron chi connectivity index (χ0n) is 12.4. The molecule has 0 radical (unpaired) electrons. The zero-order chi connectivity index (χ0) is 15.1. The van der Waals surface area contributed by atoms with Crippen molar-refractivity contribution < 1.29 is 13.5 Å². The first-order valence-corrected chi connectivity index (χ1v) is 9.43. The van der Waals surface area contributed by atoms with E-state index in [4.69, 9.17) is 5.11 Å². The molecule has 118 valence electrons. The third-order valence-corrected chi connectivity index (χ3v) is 5.42. The Hall–Kier alpha value is -0.910. The van der Waals surface area contributed by atoms with Gasteiger partial charge < -0.3 is 5.11 Å². The van der Waals surface area contributed by atoms with Crippen LogP contribution in [0.5, 0.6) is 0 Å². The molecule has 5 heteroatoms. The van der Waals surface area contributed by atoms with E-state index in [1.165, 1.54) is 19.3 Å². The number of hydrogen-bond donors (Lipinski definition) is 2. The van der Waals surface area contributed by atoms with Gasteiger partial charge in [0.05, 0.1) is 12.4 Å². The summed E-state index contributed by atoms with van der Waals surface area (Å²) in [5.74, 6) is 0.00914. The molecule has 4 nitrogen and oxygen atoms in total. The largest absolute Gasteiger partial charge is 0.392 e. The summed E-state index contributed by atoms with van der Waals surface area (Å²) in [7, 11) is -3.29. The summed E-state index contributed by atoms with van der Waals surface area (Å²) in [5, 5.41) is 9.00. The smallest absolute Gasteiger partial charge is 0.216 e. The van der Waals surface area contributed by atoms with Crippen LogP contribution in [0.2, 0.25) is 0 Å². The first-order chi connectivity index (χ1) is 10.1. The number of hydrogen-bond acceptors (Lipinski definition) is 3. The molecular formula is C16H25NO3S. The highest BCUT2D eigenvalue weighted by Crippen LogP contribution is 2.18. The van der Waals surface area contributed by atoms with Crippen LogP contribution in [-0.4, -0.2) is 19.6 Å². The topological polar surface area (TPSA) is 66.4 Å². The van der Waals surface area contributed by atoms with E-state index >= 15 is 0 Å². The van der Waals surface area contributed by atoms with E-state index in [0.717, 1.165) is 36.8 Å². The van der Waals surface area contributed by atoms with Gasteiger partial charge in [0, 0.05) is 6.04 Å². The summed E-state index contributed by atoms with van der Waals surface area (Å²) < 4.78 is 27.4. The molecule has 0 amide bonds. The molecule has 0 unspecified atom stereocenters. The second kappa shape index (κ2) is 7.92. The Morgan fingerprint density at radius 2 is 1.48 bits per heavy atom. The predicted molar refractivity (Wildman–Crippen MR) is 84.2 cm³/mol. The van der Waals surface area contributed by atoms with Crippen molar-refractivity contribution >= 4 is 10.0 Å². The van der Waals surface area contributed by atoms with Crippen molar-refractivity contribution in [1.82, 2.24) is 4.72 Å². The van der Waals surface area contributed by atoms with Crippen LogP contribution in [0.3, 0.4) is 0 Å². The van der Waals surface area contributed by atoms with E-state index in [1.54, 1.807) is 24.3 Å². The highest BCUT2D eigenvalue weighted by atomic mass is 32.2. The minimum Gasteiger partial charge on any atom is -0.392 e. The van der Waals surface area contributed by atoms with Crippen LogP contribution in [0.1, 0.15) is 56.1 Å². The number of nitrogens with one attached hydrogen (secondary N) is 1. The van der Waals surface area contributed by atoms with Crippen molar-refractivity contribution in [3.8, 4) is 0 Å². The van der Waals surface area contributed by atoms with Crippen molar-refractivity contribution in [1.29, 1.82) is 0 Å². The van der Waals surface area contributed by atoms with Crippen molar-refractivity contribution in [2.45, 2.75) is 63.3 Å². The van der Waals surface area contributed by atoms with Gasteiger partial charge in [-0.25, -0.2) is 13.1 Å². The van der Waals surface area contributed by atoms with Crippen molar-refractivity contribution in [2.24, 2.45) is 0 Å². The van der Waals surface area contributed by atoms with E-state index in [2.05, 4.69) is 4.72 Å². The second-order valence-electron chi connectivity index (χ2n) is 5.89. The Morgan fingerprint density at radius 3 is 2.05 bits per heavy atom. The van der Waals surface area contributed by atoms with Gasteiger partial charge in [-0.15, -0.1) is 0 Å². The molecule has 1 fully saturated rings. The average Bonchev–Trinajstić information content (AvgIpc) is 2.42. The van der Waals surface area contributed by atoms with Crippen molar-refractivity contribution in [3.63, 3.8) is 0 Å². The number of aliphatic hydroxyl groups is 1. The van der Waals surface area contributed by atoms with E-state index in [0.29, 0.717) is 0 Å². The van der Waals surface area contributed by atoms with Crippen LogP contribution >= 0.6 is 0 Å². The quantitative estimate of drug-likeness (QED) is 0.878.